The minimum Gasteiger partial charge on any atom is -0.296 e. The van der Waals surface area contributed by atoms with E-state index >= 15 is 0 Å². The molecule has 0 N–H and O–H groups in total. The largest absolute Gasteiger partial charge is 0.296 e. The molecule has 0 atom stereocenters. The van der Waals surface area contributed by atoms with Gasteiger partial charge in [0, 0.05) is 21.6 Å². The molecular formula is C16H14ClIN2. The average molecular weight is 397 g/mol. The first kappa shape index (κ1) is 13.9. The Morgan fingerprint density at radius 3 is 2.80 bits per heavy atom. The zero-order valence-corrected chi connectivity index (χ0v) is 14.0. The van der Waals surface area contributed by atoms with Crippen LogP contribution in [-0.4, -0.2) is 15.4 Å². The van der Waals surface area contributed by atoms with E-state index in [1.807, 2.05) is 0 Å². The van der Waals surface area contributed by atoms with Crippen molar-refractivity contribution >= 4 is 45.2 Å². The topological polar surface area (TPSA) is 17.8 Å². The molecule has 102 valence electrons. The highest BCUT2D eigenvalue weighted by Crippen LogP contribution is 2.24. The van der Waals surface area contributed by atoms with Gasteiger partial charge in [0.05, 0.1) is 11.0 Å². The number of hydrogen-bond donors (Lipinski definition) is 0. The van der Waals surface area contributed by atoms with Crippen LogP contribution in [0.15, 0.2) is 42.5 Å². The summed E-state index contributed by atoms with van der Waals surface area (Å²) in [5.41, 5.74) is 4.53. The quantitative estimate of drug-likeness (QED) is 0.463. The second-order valence-electron chi connectivity index (χ2n) is 4.77. The minimum absolute atomic E-state index is 0.576. The molecule has 0 saturated carbocycles. The van der Waals surface area contributed by atoms with Crippen LogP contribution in [0.1, 0.15) is 11.4 Å². The van der Waals surface area contributed by atoms with Crippen molar-refractivity contribution in [3.63, 3.8) is 0 Å². The van der Waals surface area contributed by atoms with E-state index in [1.165, 1.54) is 9.13 Å². The van der Waals surface area contributed by atoms with Crippen molar-refractivity contribution in [2.24, 2.45) is 0 Å². The zero-order chi connectivity index (χ0) is 14.1. The van der Waals surface area contributed by atoms with Gasteiger partial charge in [-0.3, -0.25) is 4.57 Å². The molecule has 2 aromatic carbocycles. The molecule has 0 unspecified atom stereocenters. The van der Waals surface area contributed by atoms with Gasteiger partial charge in [-0.15, -0.1) is 11.6 Å². The SMILES string of the molecule is Cc1ccc2c(c1)nc(CCCl)n2-c1cccc(I)c1. The lowest BCUT2D eigenvalue weighted by atomic mass is 10.2. The zero-order valence-electron chi connectivity index (χ0n) is 11.1. The van der Waals surface area contributed by atoms with Gasteiger partial charge in [0.1, 0.15) is 5.82 Å². The highest BCUT2D eigenvalue weighted by Gasteiger charge is 2.12. The molecule has 1 aromatic heterocycles. The predicted octanol–water partition coefficient (Wildman–Crippen LogP) is 4.72. The first-order valence-corrected chi connectivity index (χ1v) is 8.10. The van der Waals surface area contributed by atoms with Crippen LogP contribution in [0.4, 0.5) is 0 Å². The van der Waals surface area contributed by atoms with Crippen LogP contribution in [0.25, 0.3) is 16.7 Å². The molecule has 0 amide bonds. The van der Waals surface area contributed by atoms with Crippen LogP contribution in [0, 0.1) is 10.5 Å². The lowest BCUT2D eigenvalue weighted by molar-refractivity contribution is 0.912. The van der Waals surface area contributed by atoms with Gasteiger partial charge in [0.15, 0.2) is 0 Å². The molecule has 0 aliphatic heterocycles. The fourth-order valence-corrected chi connectivity index (χ4v) is 3.09. The summed E-state index contributed by atoms with van der Waals surface area (Å²) in [6.07, 6.45) is 0.765. The van der Waals surface area contributed by atoms with Crippen LogP contribution >= 0.6 is 34.2 Å². The maximum atomic E-state index is 5.93. The summed E-state index contributed by atoms with van der Waals surface area (Å²) in [7, 11) is 0. The normalized spacial score (nSPS) is 11.2. The fourth-order valence-electron chi connectivity index (χ4n) is 2.40. The molecule has 0 saturated heterocycles. The number of hydrogen-bond acceptors (Lipinski definition) is 1. The summed E-state index contributed by atoms with van der Waals surface area (Å²) < 4.78 is 3.42. The van der Waals surface area contributed by atoms with Crippen LogP contribution in [-0.2, 0) is 6.42 Å². The molecule has 1 heterocycles. The van der Waals surface area contributed by atoms with Gasteiger partial charge < -0.3 is 0 Å². The number of alkyl halides is 1. The third-order valence-corrected chi connectivity index (χ3v) is 4.12. The Balaban J connectivity index is 2.28. The summed E-state index contributed by atoms with van der Waals surface area (Å²) in [4.78, 5) is 4.75. The van der Waals surface area contributed by atoms with Crippen molar-refractivity contribution in [2.45, 2.75) is 13.3 Å². The predicted molar refractivity (Wildman–Crippen MR) is 92.9 cm³/mol. The van der Waals surface area contributed by atoms with Crippen molar-refractivity contribution in [3.8, 4) is 5.69 Å². The van der Waals surface area contributed by atoms with Gasteiger partial charge in [0.2, 0.25) is 0 Å². The van der Waals surface area contributed by atoms with Gasteiger partial charge in [-0.05, 0) is 65.4 Å². The van der Waals surface area contributed by atoms with E-state index in [-0.39, 0.29) is 0 Å². The highest BCUT2D eigenvalue weighted by molar-refractivity contribution is 14.1. The first-order chi connectivity index (χ1) is 9.69. The Morgan fingerprint density at radius 2 is 2.05 bits per heavy atom. The molecule has 3 aromatic rings. The first-order valence-electron chi connectivity index (χ1n) is 6.49. The summed E-state index contributed by atoms with van der Waals surface area (Å²) in [5, 5.41) is 0. The number of imidazole rings is 1. The lowest BCUT2D eigenvalue weighted by Crippen LogP contribution is -2.02. The fraction of sp³-hybridized carbons (Fsp3) is 0.188. The van der Waals surface area contributed by atoms with Crippen molar-refractivity contribution < 1.29 is 0 Å². The molecule has 20 heavy (non-hydrogen) atoms. The van der Waals surface area contributed by atoms with Gasteiger partial charge in [-0.1, -0.05) is 12.1 Å². The van der Waals surface area contributed by atoms with Crippen LogP contribution in [0.2, 0.25) is 0 Å². The van der Waals surface area contributed by atoms with Gasteiger partial charge in [0.25, 0.3) is 0 Å². The van der Waals surface area contributed by atoms with E-state index < -0.39 is 0 Å². The summed E-state index contributed by atoms with van der Waals surface area (Å²) in [5.74, 6) is 1.59. The molecule has 0 fully saturated rings. The third kappa shape index (κ3) is 2.56. The second-order valence-corrected chi connectivity index (χ2v) is 6.40. The Kier molecular flexibility index (Phi) is 3.98. The Hall–Kier alpha value is -1.07. The monoisotopic (exact) mass is 396 g/mol. The van der Waals surface area contributed by atoms with Gasteiger partial charge in [-0.25, -0.2) is 4.98 Å². The Labute approximate surface area is 136 Å². The number of aryl methyl sites for hydroxylation is 2. The molecule has 2 nitrogen and oxygen atoms in total. The molecule has 0 aliphatic carbocycles. The Bertz CT molecular complexity index is 764. The van der Waals surface area contributed by atoms with Crippen molar-refractivity contribution in [1.29, 1.82) is 0 Å². The molecule has 0 spiro atoms. The smallest absolute Gasteiger partial charge is 0.115 e. The molecule has 4 heteroatoms. The lowest BCUT2D eigenvalue weighted by Gasteiger charge is -2.09. The number of rotatable bonds is 3. The van der Waals surface area contributed by atoms with Crippen molar-refractivity contribution in [2.75, 3.05) is 5.88 Å². The number of benzene rings is 2. The second kappa shape index (κ2) is 5.74. The van der Waals surface area contributed by atoms with E-state index in [9.17, 15) is 0 Å². The van der Waals surface area contributed by atoms with Crippen molar-refractivity contribution in [1.82, 2.24) is 9.55 Å². The molecule has 0 radical (unpaired) electrons. The van der Waals surface area contributed by atoms with E-state index in [0.29, 0.717) is 5.88 Å². The summed E-state index contributed by atoms with van der Waals surface area (Å²) in [6.45, 7) is 2.09. The van der Waals surface area contributed by atoms with Crippen molar-refractivity contribution in [3.05, 3.63) is 57.4 Å². The summed E-state index contributed by atoms with van der Waals surface area (Å²) >= 11 is 8.26. The molecular weight excluding hydrogens is 383 g/mol. The van der Waals surface area contributed by atoms with E-state index in [4.69, 9.17) is 16.6 Å². The standard InChI is InChI=1S/C16H14ClIN2/c1-11-5-6-15-14(9-11)19-16(7-8-17)20(15)13-4-2-3-12(18)10-13/h2-6,9-10H,7-8H2,1H3. The number of aromatic nitrogens is 2. The van der Waals surface area contributed by atoms with Gasteiger partial charge >= 0.3 is 0 Å². The maximum Gasteiger partial charge on any atom is 0.115 e. The maximum absolute atomic E-state index is 5.93. The molecule has 3 rings (SSSR count). The third-order valence-electron chi connectivity index (χ3n) is 3.26. The van der Waals surface area contributed by atoms with E-state index in [1.54, 1.807) is 0 Å². The van der Waals surface area contributed by atoms with Gasteiger partial charge in [-0.2, -0.15) is 0 Å². The van der Waals surface area contributed by atoms with E-state index in [2.05, 4.69) is 76.5 Å². The van der Waals surface area contributed by atoms with Crippen LogP contribution in [0.5, 0.6) is 0 Å². The molecule has 0 bridgehead atoms. The summed E-state index contributed by atoms with van der Waals surface area (Å²) in [6, 6.07) is 14.8. The number of halogens is 2. The van der Waals surface area contributed by atoms with Crippen LogP contribution < -0.4 is 0 Å². The average Bonchev–Trinajstić information content (AvgIpc) is 2.76. The Morgan fingerprint density at radius 1 is 1.20 bits per heavy atom. The minimum atomic E-state index is 0.576. The molecule has 0 aliphatic rings. The van der Waals surface area contributed by atoms with Crippen LogP contribution in [0.3, 0.4) is 0 Å². The number of fused-ring (bicyclic) bond motifs is 1. The highest BCUT2D eigenvalue weighted by atomic mass is 127. The number of nitrogens with zero attached hydrogens (tertiary/aromatic N) is 2. The van der Waals surface area contributed by atoms with E-state index in [0.717, 1.165) is 29.0 Å².